The molecule has 3 unspecified atom stereocenters. The lowest BCUT2D eigenvalue weighted by Crippen LogP contribution is -2.44. The van der Waals surface area contributed by atoms with Crippen LogP contribution in [0, 0.1) is 11.8 Å². The molecule has 26 heavy (non-hydrogen) atoms. The van der Waals surface area contributed by atoms with E-state index in [0.717, 1.165) is 13.0 Å². The van der Waals surface area contributed by atoms with Crippen molar-refractivity contribution < 1.29 is 0 Å². The maximum Gasteiger partial charge on any atom is 0.0642 e. The van der Waals surface area contributed by atoms with Gasteiger partial charge in [-0.2, -0.15) is 0 Å². The molecule has 1 saturated heterocycles. The number of aliphatic imine (C=N–C) groups is 1. The monoisotopic (exact) mass is 346 g/mol. The maximum atomic E-state index is 4.33. The van der Waals surface area contributed by atoms with E-state index < -0.39 is 0 Å². The lowest BCUT2D eigenvalue weighted by molar-refractivity contribution is 0.194. The molecule has 1 aliphatic carbocycles. The lowest BCUT2D eigenvalue weighted by Gasteiger charge is -2.41. The van der Waals surface area contributed by atoms with Gasteiger partial charge >= 0.3 is 0 Å². The standard InChI is InChI=1S/C24H30N2/c1-17(2)22-12-13-23(26-24(22)20-6-4-3-5-7-20)19-10-8-18(9-11-19)21-14-15-25-16-21/h3-8,10,14-15,17,22-24,26H,9,11-13,16H2,1-2H3. The average Bonchev–Trinajstić information content (AvgIpc) is 3.23. The van der Waals surface area contributed by atoms with Crippen molar-refractivity contribution in [1.29, 1.82) is 0 Å². The number of benzene rings is 1. The van der Waals surface area contributed by atoms with Gasteiger partial charge in [-0.05, 0) is 60.3 Å². The minimum Gasteiger partial charge on any atom is -0.303 e. The fourth-order valence-corrected chi connectivity index (χ4v) is 4.73. The third-order valence-corrected chi connectivity index (χ3v) is 6.30. The molecular formula is C24H30N2. The molecule has 4 rings (SSSR count). The third kappa shape index (κ3) is 3.61. The van der Waals surface area contributed by atoms with Crippen molar-refractivity contribution in [2.75, 3.05) is 6.54 Å². The molecule has 3 atom stereocenters. The number of hydrogen-bond donors (Lipinski definition) is 1. The lowest BCUT2D eigenvalue weighted by atomic mass is 9.75. The molecular weight excluding hydrogens is 316 g/mol. The van der Waals surface area contributed by atoms with Crippen LogP contribution in [-0.2, 0) is 0 Å². The maximum absolute atomic E-state index is 4.33. The van der Waals surface area contributed by atoms with E-state index in [1.165, 1.54) is 36.0 Å². The van der Waals surface area contributed by atoms with Crippen molar-refractivity contribution in [2.45, 2.75) is 51.6 Å². The number of allylic oxidation sites excluding steroid dienone is 3. The summed E-state index contributed by atoms with van der Waals surface area (Å²) in [5, 5.41) is 4.02. The van der Waals surface area contributed by atoms with Gasteiger partial charge in [0.05, 0.1) is 6.54 Å². The number of rotatable bonds is 4. The van der Waals surface area contributed by atoms with E-state index in [9.17, 15) is 0 Å². The van der Waals surface area contributed by atoms with Gasteiger partial charge in [-0.15, -0.1) is 0 Å². The predicted molar refractivity (Wildman–Crippen MR) is 111 cm³/mol. The fraction of sp³-hybridized carbons (Fsp3) is 0.458. The summed E-state index contributed by atoms with van der Waals surface area (Å²) in [7, 11) is 0. The third-order valence-electron chi connectivity index (χ3n) is 6.30. The highest BCUT2D eigenvalue weighted by molar-refractivity contribution is 5.77. The molecule has 0 saturated carbocycles. The van der Waals surface area contributed by atoms with Crippen LogP contribution in [0.2, 0.25) is 0 Å². The molecule has 2 aliphatic heterocycles. The summed E-state index contributed by atoms with van der Waals surface area (Å²) in [6, 6.07) is 12.0. The zero-order valence-electron chi connectivity index (χ0n) is 16.0. The molecule has 0 radical (unpaired) electrons. The Kier molecular flexibility index (Phi) is 5.21. The van der Waals surface area contributed by atoms with E-state index in [-0.39, 0.29) is 0 Å². The molecule has 1 aromatic rings. The predicted octanol–water partition coefficient (Wildman–Crippen LogP) is 5.41. The van der Waals surface area contributed by atoms with E-state index in [1.54, 1.807) is 5.57 Å². The van der Waals surface area contributed by atoms with E-state index >= 15 is 0 Å². The van der Waals surface area contributed by atoms with E-state index in [4.69, 9.17) is 0 Å². The molecule has 0 bridgehead atoms. The second-order valence-electron chi connectivity index (χ2n) is 8.21. The van der Waals surface area contributed by atoms with Crippen molar-refractivity contribution in [2.24, 2.45) is 16.8 Å². The van der Waals surface area contributed by atoms with Crippen molar-refractivity contribution in [1.82, 2.24) is 5.32 Å². The topological polar surface area (TPSA) is 24.4 Å². The van der Waals surface area contributed by atoms with E-state index in [2.05, 4.69) is 72.7 Å². The minimum atomic E-state index is 0.465. The van der Waals surface area contributed by atoms with Crippen molar-refractivity contribution in [3.8, 4) is 0 Å². The Morgan fingerprint density at radius 3 is 2.46 bits per heavy atom. The van der Waals surface area contributed by atoms with Crippen LogP contribution >= 0.6 is 0 Å². The number of hydrogen-bond acceptors (Lipinski definition) is 2. The van der Waals surface area contributed by atoms with Gasteiger partial charge in [-0.1, -0.05) is 61.9 Å². The quantitative estimate of drug-likeness (QED) is 0.774. The second-order valence-corrected chi connectivity index (χ2v) is 8.21. The van der Waals surface area contributed by atoms with Gasteiger partial charge in [0, 0.05) is 18.3 Å². The van der Waals surface area contributed by atoms with Crippen LogP contribution in [0.3, 0.4) is 0 Å². The van der Waals surface area contributed by atoms with Gasteiger partial charge in [0.25, 0.3) is 0 Å². The fourth-order valence-electron chi connectivity index (χ4n) is 4.73. The van der Waals surface area contributed by atoms with Crippen LogP contribution in [0.5, 0.6) is 0 Å². The molecule has 2 heterocycles. The Labute approximate surface area is 157 Å². The first-order valence-electron chi connectivity index (χ1n) is 10.1. The largest absolute Gasteiger partial charge is 0.303 e. The molecule has 0 aromatic heterocycles. The summed E-state index contributed by atoms with van der Waals surface area (Å²) >= 11 is 0. The zero-order valence-corrected chi connectivity index (χ0v) is 16.0. The van der Waals surface area contributed by atoms with E-state index in [0.29, 0.717) is 23.9 Å². The van der Waals surface area contributed by atoms with Crippen molar-refractivity contribution in [3.63, 3.8) is 0 Å². The second kappa shape index (κ2) is 7.75. The summed E-state index contributed by atoms with van der Waals surface area (Å²) in [5.74, 6) is 1.42. The first-order chi connectivity index (χ1) is 12.7. The van der Waals surface area contributed by atoms with Gasteiger partial charge in [0.2, 0.25) is 0 Å². The molecule has 0 spiro atoms. The molecule has 1 aromatic carbocycles. The number of nitrogens with zero attached hydrogens (tertiary/aromatic N) is 1. The van der Waals surface area contributed by atoms with Gasteiger partial charge in [-0.25, -0.2) is 0 Å². The number of piperidine rings is 1. The molecule has 1 N–H and O–H groups in total. The summed E-state index contributed by atoms with van der Waals surface area (Å²) in [4.78, 5) is 4.33. The Morgan fingerprint density at radius 1 is 0.962 bits per heavy atom. The van der Waals surface area contributed by atoms with Gasteiger partial charge in [0.15, 0.2) is 0 Å². The first kappa shape index (κ1) is 17.5. The smallest absolute Gasteiger partial charge is 0.0642 e. The van der Waals surface area contributed by atoms with Crippen molar-refractivity contribution in [3.05, 3.63) is 70.8 Å². The highest BCUT2D eigenvalue weighted by Gasteiger charge is 2.34. The highest BCUT2D eigenvalue weighted by atomic mass is 15.0. The Hall–Kier alpha value is -1.93. The van der Waals surface area contributed by atoms with Crippen LogP contribution < -0.4 is 5.32 Å². The number of nitrogens with one attached hydrogen (secondary N) is 1. The molecule has 2 heteroatoms. The van der Waals surface area contributed by atoms with Crippen LogP contribution in [0.25, 0.3) is 0 Å². The van der Waals surface area contributed by atoms with Crippen LogP contribution in [0.1, 0.15) is 51.1 Å². The Morgan fingerprint density at radius 2 is 1.81 bits per heavy atom. The molecule has 2 nitrogen and oxygen atoms in total. The summed E-state index contributed by atoms with van der Waals surface area (Å²) in [6.45, 7) is 5.60. The average molecular weight is 347 g/mol. The van der Waals surface area contributed by atoms with Gasteiger partial charge in [-0.3, -0.25) is 4.99 Å². The Balaban J connectivity index is 1.51. The molecule has 1 fully saturated rings. The normalized spacial score (nSPS) is 28.7. The van der Waals surface area contributed by atoms with Crippen molar-refractivity contribution >= 4 is 6.21 Å². The summed E-state index contributed by atoms with van der Waals surface area (Å²) < 4.78 is 0. The molecule has 0 amide bonds. The first-order valence-corrected chi connectivity index (χ1v) is 10.1. The van der Waals surface area contributed by atoms with Crippen LogP contribution in [0.4, 0.5) is 0 Å². The van der Waals surface area contributed by atoms with E-state index in [1.807, 2.05) is 6.21 Å². The Bertz CT molecular complexity index is 752. The van der Waals surface area contributed by atoms with Crippen LogP contribution in [-0.4, -0.2) is 18.8 Å². The highest BCUT2D eigenvalue weighted by Crippen LogP contribution is 2.39. The molecule has 3 aliphatic rings. The summed E-state index contributed by atoms with van der Waals surface area (Å²) in [5.41, 5.74) is 5.90. The van der Waals surface area contributed by atoms with Crippen LogP contribution in [0.15, 0.2) is 70.3 Å². The van der Waals surface area contributed by atoms with Gasteiger partial charge in [0.1, 0.15) is 0 Å². The minimum absolute atomic E-state index is 0.465. The zero-order chi connectivity index (χ0) is 17.9. The SMILES string of the molecule is CC(C)C1CCC(C2=CC=C(C3=CC=NC3)CC2)NC1c1ccccc1. The summed E-state index contributed by atoms with van der Waals surface area (Å²) in [6.07, 6.45) is 13.7. The molecule has 136 valence electrons. The van der Waals surface area contributed by atoms with Gasteiger partial charge < -0.3 is 5.32 Å².